The molecular formula is C13H17N3. The van der Waals surface area contributed by atoms with Crippen molar-refractivity contribution < 1.29 is 0 Å². The largest absolute Gasteiger partial charge is 0.372 e. The Hall–Kier alpha value is -1.77. The number of aromatic amines is 1. The molecule has 0 amide bonds. The third-order valence-electron chi connectivity index (χ3n) is 2.78. The number of aromatic nitrogens is 2. The zero-order chi connectivity index (χ0) is 11.7. The van der Waals surface area contributed by atoms with Crippen LogP contribution in [0.15, 0.2) is 18.2 Å². The van der Waals surface area contributed by atoms with Crippen molar-refractivity contribution in [3.05, 3.63) is 34.9 Å². The summed E-state index contributed by atoms with van der Waals surface area (Å²) in [5.41, 5.74) is 6.18. The van der Waals surface area contributed by atoms with Crippen LogP contribution in [0.2, 0.25) is 0 Å². The Labute approximate surface area is 95.9 Å². The summed E-state index contributed by atoms with van der Waals surface area (Å²) < 4.78 is 0. The highest BCUT2D eigenvalue weighted by Crippen LogP contribution is 2.27. The molecule has 0 saturated heterocycles. The fraction of sp³-hybridized carbons (Fsp3) is 0.308. The fourth-order valence-corrected chi connectivity index (χ4v) is 2.18. The Kier molecular flexibility index (Phi) is 2.69. The fourth-order valence-electron chi connectivity index (χ4n) is 2.18. The quantitative estimate of drug-likeness (QED) is 0.808. The van der Waals surface area contributed by atoms with Gasteiger partial charge in [0.25, 0.3) is 0 Å². The lowest BCUT2D eigenvalue weighted by atomic mass is 9.97. The minimum Gasteiger partial charge on any atom is -0.372 e. The number of aryl methyl sites for hydroxylation is 3. The van der Waals surface area contributed by atoms with E-state index in [0.717, 1.165) is 11.5 Å². The van der Waals surface area contributed by atoms with Gasteiger partial charge in [-0.25, -0.2) is 0 Å². The van der Waals surface area contributed by atoms with Crippen LogP contribution in [0.25, 0.3) is 11.3 Å². The van der Waals surface area contributed by atoms with Crippen LogP contribution < -0.4 is 5.32 Å². The van der Waals surface area contributed by atoms with Gasteiger partial charge in [-0.3, -0.25) is 5.10 Å². The van der Waals surface area contributed by atoms with Gasteiger partial charge in [0.2, 0.25) is 0 Å². The van der Waals surface area contributed by atoms with Gasteiger partial charge in [-0.1, -0.05) is 17.7 Å². The van der Waals surface area contributed by atoms with Crippen LogP contribution in [0.1, 0.15) is 16.7 Å². The zero-order valence-electron chi connectivity index (χ0n) is 10.2. The van der Waals surface area contributed by atoms with Crippen LogP contribution in [0.4, 0.5) is 5.82 Å². The Morgan fingerprint density at radius 3 is 2.19 bits per heavy atom. The summed E-state index contributed by atoms with van der Waals surface area (Å²) in [6.07, 6.45) is 0. The number of H-pyrrole nitrogens is 1. The van der Waals surface area contributed by atoms with Crippen LogP contribution in [-0.2, 0) is 0 Å². The maximum Gasteiger partial charge on any atom is 0.148 e. The maximum absolute atomic E-state index is 4.18. The first kappa shape index (κ1) is 10.7. The molecule has 3 nitrogen and oxygen atoms in total. The SMILES string of the molecule is CNc1cc(-c2c(C)cc(C)cc2C)[nH]n1. The summed E-state index contributed by atoms with van der Waals surface area (Å²) in [5, 5.41) is 10.3. The second-order valence-corrected chi connectivity index (χ2v) is 4.19. The molecule has 0 spiro atoms. The first-order valence-corrected chi connectivity index (χ1v) is 5.43. The molecule has 2 N–H and O–H groups in total. The molecule has 0 aliphatic carbocycles. The molecule has 84 valence electrons. The van der Waals surface area contributed by atoms with E-state index in [2.05, 4.69) is 48.4 Å². The Bertz CT molecular complexity index is 489. The second kappa shape index (κ2) is 4.00. The van der Waals surface area contributed by atoms with Crippen LogP contribution in [-0.4, -0.2) is 17.2 Å². The van der Waals surface area contributed by atoms with Crippen molar-refractivity contribution in [1.82, 2.24) is 10.2 Å². The highest BCUT2D eigenvalue weighted by Gasteiger charge is 2.09. The van der Waals surface area contributed by atoms with E-state index in [1.165, 1.54) is 22.3 Å². The smallest absolute Gasteiger partial charge is 0.148 e. The predicted octanol–water partition coefficient (Wildman–Crippen LogP) is 3.04. The maximum atomic E-state index is 4.18. The van der Waals surface area contributed by atoms with E-state index in [1.807, 2.05) is 13.1 Å². The molecule has 0 bridgehead atoms. The first-order chi connectivity index (χ1) is 7.61. The van der Waals surface area contributed by atoms with Crippen molar-refractivity contribution >= 4 is 5.82 Å². The molecule has 0 radical (unpaired) electrons. The van der Waals surface area contributed by atoms with Gasteiger partial charge < -0.3 is 5.32 Å². The zero-order valence-corrected chi connectivity index (χ0v) is 10.2. The number of nitrogens with one attached hydrogen (secondary N) is 2. The monoisotopic (exact) mass is 215 g/mol. The molecule has 0 aliphatic rings. The summed E-state index contributed by atoms with van der Waals surface area (Å²) in [7, 11) is 1.87. The number of rotatable bonds is 2. The molecule has 0 atom stereocenters. The average Bonchev–Trinajstić information content (AvgIpc) is 2.64. The summed E-state index contributed by atoms with van der Waals surface area (Å²) in [5.74, 6) is 0.870. The minimum atomic E-state index is 0.870. The van der Waals surface area contributed by atoms with E-state index in [4.69, 9.17) is 0 Å². The molecule has 2 rings (SSSR count). The summed E-state index contributed by atoms with van der Waals surface area (Å²) in [4.78, 5) is 0. The standard InChI is InChI=1S/C13H17N3/c1-8-5-9(2)13(10(3)6-8)11-7-12(14-4)16-15-11/h5-7H,1-4H3,(H2,14,15,16). The Morgan fingerprint density at radius 2 is 1.69 bits per heavy atom. The highest BCUT2D eigenvalue weighted by molar-refractivity contribution is 5.70. The van der Waals surface area contributed by atoms with E-state index >= 15 is 0 Å². The van der Waals surface area contributed by atoms with E-state index in [1.54, 1.807) is 0 Å². The lowest BCUT2D eigenvalue weighted by molar-refractivity contribution is 1.09. The van der Waals surface area contributed by atoms with E-state index in [9.17, 15) is 0 Å². The van der Waals surface area contributed by atoms with Gasteiger partial charge in [-0.2, -0.15) is 5.10 Å². The van der Waals surface area contributed by atoms with Crippen LogP contribution in [0.3, 0.4) is 0 Å². The highest BCUT2D eigenvalue weighted by atomic mass is 15.2. The van der Waals surface area contributed by atoms with Gasteiger partial charge in [0.05, 0.1) is 5.69 Å². The molecule has 0 saturated carbocycles. The molecule has 1 heterocycles. The van der Waals surface area contributed by atoms with Crippen molar-refractivity contribution in [1.29, 1.82) is 0 Å². The minimum absolute atomic E-state index is 0.870. The van der Waals surface area contributed by atoms with Crippen LogP contribution in [0.5, 0.6) is 0 Å². The molecule has 0 unspecified atom stereocenters. The van der Waals surface area contributed by atoms with E-state index < -0.39 is 0 Å². The Balaban J connectivity index is 2.55. The van der Waals surface area contributed by atoms with Crippen molar-refractivity contribution in [2.45, 2.75) is 20.8 Å². The first-order valence-electron chi connectivity index (χ1n) is 5.43. The molecule has 0 aliphatic heterocycles. The van der Waals surface area contributed by atoms with Crippen molar-refractivity contribution in [3.8, 4) is 11.3 Å². The lowest BCUT2D eigenvalue weighted by Crippen LogP contribution is -1.90. The molecule has 3 heteroatoms. The molecular weight excluding hydrogens is 198 g/mol. The van der Waals surface area contributed by atoms with Crippen molar-refractivity contribution in [2.75, 3.05) is 12.4 Å². The Morgan fingerprint density at radius 1 is 1.06 bits per heavy atom. The normalized spacial score (nSPS) is 10.5. The lowest BCUT2D eigenvalue weighted by Gasteiger charge is -2.08. The number of anilines is 1. The van der Waals surface area contributed by atoms with Crippen molar-refractivity contribution in [3.63, 3.8) is 0 Å². The third kappa shape index (κ3) is 1.81. The van der Waals surface area contributed by atoms with Crippen LogP contribution in [0, 0.1) is 20.8 Å². The number of hydrogen-bond acceptors (Lipinski definition) is 2. The topological polar surface area (TPSA) is 40.7 Å². The average molecular weight is 215 g/mol. The number of benzene rings is 1. The molecule has 2 aromatic rings. The van der Waals surface area contributed by atoms with Crippen LogP contribution >= 0.6 is 0 Å². The molecule has 16 heavy (non-hydrogen) atoms. The van der Waals surface area contributed by atoms with Gasteiger partial charge in [-0.05, 0) is 31.9 Å². The van der Waals surface area contributed by atoms with Gasteiger partial charge in [0.15, 0.2) is 0 Å². The van der Waals surface area contributed by atoms with Gasteiger partial charge in [0.1, 0.15) is 5.82 Å². The van der Waals surface area contributed by atoms with Gasteiger partial charge in [-0.15, -0.1) is 0 Å². The van der Waals surface area contributed by atoms with Gasteiger partial charge in [0, 0.05) is 18.7 Å². The number of nitrogens with zero attached hydrogens (tertiary/aromatic N) is 1. The third-order valence-corrected chi connectivity index (χ3v) is 2.78. The predicted molar refractivity (Wildman–Crippen MR) is 67.8 cm³/mol. The number of hydrogen-bond donors (Lipinski definition) is 2. The molecule has 1 aromatic carbocycles. The van der Waals surface area contributed by atoms with E-state index in [-0.39, 0.29) is 0 Å². The molecule has 0 fully saturated rings. The summed E-state index contributed by atoms with van der Waals surface area (Å²) >= 11 is 0. The molecule has 1 aromatic heterocycles. The van der Waals surface area contributed by atoms with Gasteiger partial charge >= 0.3 is 0 Å². The second-order valence-electron chi connectivity index (χ2n) is 4.19. The van der Waals surface area contributed by atoms with E-state index in [0.29, 0.717) is 0 Å². The van der Waals surface area contributed by atoms with Crippen molar-refractivity contribution in [2.24, 2.45) is 0 Å². The summed E-state index contributed by atoms with van der Waals surface area (Å²) in [6.45, 7) is 6.39. The summed E-state index contributed by atoms with van der Waals surface area (Å²) in [6, 6.07) is 6.43.